The molecule has 0 unspecified atom stereocenters. The monoisotopic (exact) mass is 258 g/mol. The lowest BCUT2D eigenvalue weighted by Gasteiger charge is -2.05. The van der Waals surface area contributed by atoms with E-state index >= 15 is 0 Å². The summed E-state index contributed by atoms with van der Waals surface area (Å²) in [6, 6.07) is 2.94. The predicted octanol–water partition coefficient (Wildman–Crippen LogP) is 2.94. The fourth-order valence-electron chi connectivity index (χ4n) is 1.38. The van der Waals surface area contributed by atoms with Crippen LogP contribution >= 0.6 is 23.2 Å². The molecule has 0 aliphatic heterocycles. The molecule has 0 fully saturated rings. The van der Waals surface area contributed by atoms with Crippen molar-refractivity contribution < 1.29 is 5.11 Å². The van der Waals surface area contributed by atoms with Crippen molar-refractivity contribution in [2.24, 2.45) is 5.18 Å². The highest BCUT2D eigenvalue weighted by atomic mass is 35.5. The predicted molar refractivity (Wildman–Crippen MR) is 61.7 cm³/mol. The number of aromatic hydroxyl groups is 1. The Morgan fingerprint density at radius 1 is 1.31 bits per heavy atom. The Balaban J connectivity index is 3.07. The first-order chi connectivity index (χ1) is 7.56. The summed E-state index contributed by atoms with van der Waals surface area (Å²) in [7, 11) is 0. The van der Waals surface area contributed by atoms with E-state index in [1.807, 2.05) is 0 Å². The number of nitrogens with zero attached hydrogens (tertiary/aromatic N) is 1. The molecule has 0 atom stereocenters. The van der Waals surface area contributed by atoms with Crippen LogP contribution in [0.15, 0.2) is 22.1 Å². The molecule has 0 saturated heterocycles. The Hall–Kier alpha value is -1.59. The van der Waals surface area contributed by atoms with Crippen LogP contribution in [0, 0.1) is 4.91 Å². The number of pyridine rings is 1. The van der Waals surface area contributed by atoms with Gasteiger partial charge in [0, 0.05) is 0 Å². The molecule has 2 rings (SSSR count). The minimum absolute atomic E-state index is 0.0535. The lowest BCUT2D eigenvalue weighted by molar-refractivity contribution is 0.482. The van der Waals surface area contributed by atoms with Gasteiger partial charge in [-0.1, -0.05) is 23.2 Å². The van der Waals surface area contributed by atoms with Crippen molar-refractivity contribution in [2.75, 3.05) is 0 Å². The first-order valence-corrected chi connectivity index (χ1v) is 4.88. The molecule has 1 heterocycles. The van der Waals surface area contributed by atoms with Crippen molar-refractivity contribution in [2.45, 2.75) is 0 Å². The maximum atomic E-state index is 11.3. The molecule has 16 heavy (non-hydrogen) atoms. The molecule has 0 aliphatic carbocycles. The van der Waals surface area contributed by atoms with Gasteiger partial charge in [-0.2, -0.15) is 0 Å². The maximum Gasteiger partial charge on any atom is 0.281 e. The van der Waals surface area contributed by atoms with Crippen molar-refractivity contribution in [1.29, 1.82) is 0 Å². The quantitative estimate of drug-likeness (QED) is 0.772. The van der Waals surface area contributed by atoms with Crippen LogP contribution in [-0.2, 0) is 0 Å². The van der Waals surface area contributed by atoms with Gasteiger partial charge in [0.2, 0.25) is 5.69 Å². The molecule has 0 radical (unpaired) electrons. The first kappa shape index (κ1) is 10.9. The normalized spacial score (nSPS) is 10.6. The minimum Gasteiger partial charge on any atom is -0.505 e. The van der Waals surface area contributed by atoms with Gasteiger partial charge in [-0.15, -0.1) is 4.91 Å². The van der Waals surface area contributed by atoms with Crippen LogP contribution < -0.4 is 5.56 Å². The highest BCUT2D eigenvalue weighted by Crippen LogP contribution is 2.38. The second-order valence-electron chi connectivity index (χ2n) is 3.03. The van der Waals surface area contributed by atoms with E-state index in [0.29, 0.717) is 0 Å². The van der Waals surface area contributed by atoms with Gasteiger partial charge in [0.25, 0.3) is 5.56 Å². The van der Waals surface area contributed by atoms with E-state index in [9.17, 15) is 14.8 Å². The fourth-order valence-corrected chi connectivity index (χ4v) is 1.79. The number of halogens is 2. The first-order valence-electron chi connectivity index (χ1n) is 4.12. The zero-order valence-electron chi connectivity index (χ0n) is 7.62. The Morgan fingerprint density at radius 2 is 2.00 bits per heavy atom. The Labute approximate surface area is 98.6 Å². The Morgan fingerprint density at radius 3 is 2.62 bits per heavy atom. The third-order valence-corrected chi connectivity index (χ3v) is 2.91. The summed E-state index contributed by atoms with van der Waals surface area (Å²) in [5, 5.41) is 12.5. The van der Waals surface area contributed by atoms with Gasteiger partial charge in [-0.3, -0.25) is 4.79 Å². The van der Waals surface area contributed by atoms with Crippen LogP contribution in [-0.4, -0.2) is 10.1 Å². The summed E-state index contributed by atoms with van der Waals surface area (Å²) in [6.45, 7) is 0. The zero-order chi connectivity index (χ0) is 11.9. The van der Waals surface area contributed by atoms with E-state index in [2.05, 4.69) is 10.2 Å². The summed E-state index contributed by atoms with van der Waals surface area (Å²) in [5.74, 6) is -0.568. The average Bonchev–Trinajstić information content (AvgIpc) is 2.24. The Kier molecular flexibility index (Phi) is 2.57. The van der Waals surface area contributed by atoms with Crippen molar-refractivity contribution in [3.8, 4) is 5.75 Å². The maximum absolute atomic E-state index is 11.3. The molecule has 0 aliphatic rings. The lowest BCUT2D eigenvalue weighted by Crippen LogP contribution is -2.05. The number of benzene rings is 1. The fraction of sp³-hybridized carbons (Fsp3) is 0. The molecule has 0 amide bonds. The number of nitroso groups, excluding NO2 is 1. The second-order valence-corrected chi connectivity index (χ2v) is 3.81. The highest BCUT2D eigenvalue weighted by molar-refractivity contribution is 6.45. The summed E-state index contributed by atoms with van der Waals surface area (Å²) in [6.07, 6.45) is 0. The molecule has 0 bridgehead atoms. The Bertz CT molecular complexity index is 651. The van der Waals surface area contributed by atoms with Gasteiger partial charge in [-0.25, -0.2) is 0 Å². The van der Waals surface area contributed by atoms with Crippen LogP contribution in [0.4, 0.5) is 5.69 Å². The summed E-state index contributed by atoms with van der Waals surface area (Å²) >= 11 is 11.6. The van der Waals surface area contributed by atoms with Crippen molar-refractivity contribution in [1.82, 2.24) is 4.98 Å². The third kappa shape index (κ3) is 1.45. The number of aromatic amines is 1. The summed E-state index contributed by atoms with van der Waals surface area (Å²) < 4.78 is 0. The van der Waals surface area contributed by atoms with Gasteiger partial charge in [-0.05, 0) is 17.3 Å². The van der Waals surface area contributed by atoms with Crippen LogP contribution in [0.5, 0.6) is 5.75 Å². The molecule has 0 saturated carbocycles. The summed E-state index contributed by atoms with van der Waals surface area (Å²) in [4.78, 5) is 24.0. The minimum atomic E-state index is -0.779. The molecule has 2 aromatic rings. The van der Waals surface area contributed by atoms with E-state index in [1.165, 1.54) is 12.1 Å². The molecule has 82 valence electrons. The number of H-pyrrole nitrogens is 1. The van der Waals surface area contributed by atoms with E-state index in [4.69, 9.17) is 23.2 Å². The van der Waals surface area contributed by atoms with Gasteiger partial charge in [0.15, 0.2) is 5.75 Å². The zero-order valence-corrected chi connectivity index (χ0v) is 9.13. The number of rotatable bonds is 1. The van der Waals surface area contributed by atoms with E-state index in [-0.39, 0.29) is 20.9 Å². The molecular formula is C9H4Cl2N2O3. The molecule has 7 heteroatoms. The van der Waals surface area contributed by atoms with Gasteiger partial charge >= 0.3 is 0 Å². The number of hydrogen-bond acceptors (Lipinski definition) is 4. The topological polar surface area (TPSA) is 82.5 Å². The molecule has 1 aromatic carbocycles. The number of fused-ring (bicyclic) bond motifs is 1. The van der Waals surface area contributed by atoms with Crippen LogP contribution in [0.2, 0.25) is 10.0 Å². The number of hydrogen-bond donors (Lipinski definition) is 2. The number of nitrogens with one attached hydrogen (secondary N) is 1. The van der Waals surface area contributed by atoms with Crippen molar-refractivity contribution in [3.05, 3.63) is 37.4 Å². The standard InChI is InChI=1S/C9H4Cl2N2O3/c10-3-1-2-4-5(6(3)11)8(14)7(13-16)9(15)12-4/h1-2H,(H2,12,14,15). The molecule has 1 aromatic heterocycles. The van der Waals surface area contributed by atoms with Gasteiger partial charge < -0.3 is 10.1 Å². The third-order valence-electron chi connectivity index (χ3n) is 2.11. The number of aromatic nitrogens is 1. The van der Waals surface area contributed by atoms with E-state index < -0.39 is 17.0 Å². The second kappa shape index (κ2) is 3.77. The molecular weight excluding hydrogens is 255 g/mol. The average molecular weight is 259 g/mol. The highest BCUT2D eigenvalue weighted by Gasteiger charge is 2.16. The molecule has 2 N–H and O–H groups in total. The molecule has 0 spiro atoms. The largest absolute Gasteiger partial charge is 0.505 e. The SMILES string of the molecule is O=Nc1c(O)c2c(Cl)c(Cl)ccc2[nH]c1=O. The van der Waals surface area contributed by atoms with Gasteiger partial charge in [0.1, 0.15) is 0 Å². The molecule has 5 nitrogen and oxygen atoms in total. The van der Waals surface area contributed by atoms with Crippen LogP contribution in [0.3, 0.4) is 0 Å². The van der Waals surface area contributed by atoms with Gasteiger partial charge in [0.05, 0.1) is 20.9 Å². The van der Waals surface area contributed by atoms with Crippen LogP contribution in [0.25, 0.3) is 10.9 Å². The van der Waals surface area contributed by atoms with Crippen molar-refractivity contribution in [3.63, 3.8) is 0 Å². The van der Waals surface area contributed by atoms with E-state index in [1.54, 1.807) is 0 Å². The van der Waals surface area contributed by atoms with Crippen molar-refractivity contribution >= 4 is 39.8 Å². The summed E-state index contributed by atoms with van der Waals surface area (Å²) in [5.41, 5.74) is -1.11. The lowest BCUT2D eigenvalue weighted by atomic mass is 10.2. The van der Waals surface area contributed by atoms with Crippen LogP contribution in [0.1, 0.15) is 0 Å². The van der Waals surface area contributed by atoms with E-state index in [0.717, 1.165) is 0 Å². The smallest absolute Gasteiger partial charge is 0.281 e.